The van der Waals surface area contributed by atoms with Crippen molar-refractivity contribution in [3.05, 3.63) is 41.7 Å². The Kier molecular flexibility index (Phi) is 7.07. The van der Waals surface area contributed by atoms with Crippen LogP contribution in [-0.2, 0) is 14.4 Å². The number of carboxylic acid groups (broad SMARTS) is 1. The first-order chi connectivity index (χ1) is 13.2. The SMILES string of the molecule is NC(=O)C(CCC(=O)O)NC(=O)C1=CC(Oc2ccc(F)cc2)C(O)C(O)C1. The molecule has 10 heteroatoms. The number of nitrogens with two attached hydrogens (primary N) is 1. The van der Waals surface area contributed by atoms with Gasteiger partial charge in [0.05, 0.1) is 6.10 Å². The third-order valence-corrected chi connectivity index (χ3v) is 4.20. The molecule has 6 N–H and O–H groups in total. The molecular weight excluding hydrogens is 375 g/mol. The van der Waals surface area contributed by atoms with E-state index in [0.717, 1.165) is 12.1 Å². The number of benzene rings is 1. The largest absolute Gasteiger partial charge is 0.484 e. The van der Waals surface area contributed by atoms with Gasteiger partial charge in [0.15, 0.2) is 0 Å². The average molecular weight is 396 g/mol. The predicted octanol–water partition coefficient (Wildman–Crippen LogP) is -0.540. The molecule has 1 aliphatic rings. The molecule has 0 heterocycles. The maximum absolute atomic E-state index is 13.0. The quantitative estimate of drug-likeness (QED) is 0.394. The zero-order valence-electron chi connectivity index (χ0n) is 14.7. The lowest BCUT2D eigenvalue weighted by Crippen LogP contribution is -2.48. The van der Waals surface area contributed by atoms with Crippen molar-refractivity contribution in [2.45, 2.75) is 43.6 Å². The van der Waals surface area contributed by atoms with Gasteiger partial charge in [-0.3, -0.25) is 14.4 Å². The molecule has 9 nitrogen and oxygen atoms in total. The minimum atomic E-state index is -1.33. The van der Waals surface area contributed by atoms with Crippen molar-refractivity contribution >= 4 is 17.8 Å². The van der Waals surface area contributed by atoms with E-state index < -0.39 is 48.0 Å². The molecule has 1 aliphatic carbocycles. The fourth-order valence-electron chi connectivity index (χ4n) is 2.68. The Morgan fingerprint density at radius 2 is 1.89 bits per heavy atom. The second-order valence-corrected chi connectivity index (χ2v) is 6.35. The van der Waals surface area contributed by atoms with Crippen molar-refractivity contribution in [2.24, 2.45) is 5.73 Å². The van der Waals surface area contributed by atoms with E-state index in [2.05, 4.69) is 5.32 Å². The highest BCUT2D eigenvalue weighted by molar-refractivity contribution is 5.97. The van der Waals surface area contributed by atoms with Crippen LogP contribution in [0.3, 0.4) is 0 Å². The van der Waals surface area contributed by atoms with E-state index in [4.69, 9.17) is 15.6 Å². The Bertz CT molecular complexity index is 766. The van der Waals surface area contributed by atoms with Gasteiger partial charge in [-0.1, -0.05) is 0 Å². The standard InChI is InChI=1S/C18H21FN2O7/c19-10-1-3-11(4-2-10)28-14-8-9(7-13(22)16(14)25)18(27)21-12(17(20)26)5-6-15(23)24/h1-4,8,12-14,16,22,25H,5-7H2,(H2,20,26)(H,21,27)(H,23,24). The Morgan fingerprint density at radius 3 is 2.46 bits per heavy atom. The maximum Gasteiger partial charge on any atom is 0.303 e. The molecule has 2 rings (SSSR count). The van der Waals surface area contributed by atoms with Crippen LogP contribution in [0.5, 0.6) is 5.75 Å². The fraction of sp³-hybridized carbons (Fsp3) is 0.389. The van der Waals surface area contributed by atoms with Crippen LogP contribution in [0.4, 0.5) is 4.39 Å². The van der Waals surface area contributed by atoms with Crippen molar-refractivity contribution < 1.29 is 38.8 Å². The van der Waals surface area contributed by atoms with Gasteiger partial charge in [-0.15, -0.1) is 0 Å². The third-order valence-electron chi connectivity index (χ3n) is 4.20. The summed E-state index contributed by atoms with van der Waals surface area (Å²) >= 11 is 0. The van der Waals surface area contributed by atoms with Crippen LogP contribution >= 0.6 is 0 Å². The second-order valence-electron chi connectivity index (χ2n) is 6.35. The molecule has 152 valence electrons. The summed E-state index contributed by atoms with van der Waals surface area (Å²) in [6.07, 6.45) is -3.23. The van der Waals surface area contributed by atoms with Gasteiger partial charge in [-0.2, -0.15) is 0 Å². The van der Waals surface area contributed by atoms with Gasteiger partial charge in [0.1, 0.15) is 29.8 Å². The molecular formula is C18H21FN2O7. The van der Waals surface area contributed by atoms with Crippen molar-refractivity contribution in [3.63, 3.8) is 0 Å². The number of rotatable bonds is 8. The first-order valence-electron chi connectivity index (χ1n) is 8.48. The lowest BCUT2D eigenvalue weighted by atomic mass is 9.91. The van der Waals surface area contributed by atoms with E-state index in [1.807, 2.05) is 0 Å². The normalized spacial score (nSPS) is 22.7. The van der Waals surface area contributed by atoms with E-state index >= 15 is 0 Å². The number of nitrogens with one attached hydrogen (secondary N) is 1. The summed E-state index contributed by atoms with van der Waals surface area (Å²) in [5, 5.41) is 31.2. The van der Waals surface area contributed by atoms with Gasteiger partial charge < -0.3 is 31.1 Å². The first kappa shape index (κ1) is 21.3. The number of primary amides is 1. The number of carbonyl (C=O) groups is 3. The van der Waals surface area contributed by atoms with Gasteiger partial charge in [0, 0.05) is 18.4 Å². The third kappa shape index (κ3) is 5.76. The molecule has 0 radical (unpaired) electrons. The lowest BCUT2D eigenvalue weighted by Gasteiger charge is -2.31. The van der Waals surface area contributed by atoms with Gasteiger partial charge in [0.25, 0.3) is 0 Å². The van der Waals surface area contributed by atoms with E-state index in [1.165, 1.54) is 18.2 Å². The zero-order valence-corrected chi connectivity index (χ0v) is 14.7. The smallest absolute Gasteiger partial charge is 0.303 e. The van der Waals surface area contributed by atoms with Gasteiger partial charge in [-0.05, 0) is 36.8 Å². The predicted molar refractivity (Wildman–Crippen MR) is 93.5 cm³/mol. The number of amides is 2. The van der Waals surface area contributed by atoms with Crippen LogP contribution in [0.1, 0.15) is 19.3 Å². The summed E-state index contributed by atoms with van der Waals surface area (Å²) < 4.78 is 18.5. The summed E-state index contributed by atoms with van der Waals surface area (Å²) in [5.74, 6) is -3.06. The highest BCUT2D eigenvalue weighted by Crippen LogP contribution is 2.24. The number of hydrogen-bond acceptors (Lipinski definition) is 6. The van der Waals surface area contributed by atoms with Crippen LogP contribution in [0, 0.1) is 5.82 Å². The van der Waals surface area contributed by atoms with Gasteiger partial charge >= 0.3 is 5.97 Å². The number of halogens is 1. The van der Waals surface area contributed by atoms with E-state index in [0.29, 0.717) is 0 Å². The molecule has 0 spiro atoms. The van der Waals surface area contributed by atoms with Crippen molar-refractivity contribution in [1.29, 1.82) is 0 Å². The molecule has 1 aromatic carbocycles. The summed E-state index contributed by atoms with van der Waals surface area (Å²) in [6.45, 7) is 0. The van der Waals surface area contributed by atoms with Crippen molar-refractivity contribution in [2.75, 3.05) is 0 Å². The molecule has 0 aromatic heterocycles. The van der Waals surface area contributed by atoms with Gasteiger partial charge in [0.2, 0.25) is 11.8 Å². The minimum Gasteiger partial charge on any atom is -0.484 e. The first-order valence-corrected chi connectivity index (χ1v) is 8.48. The number of aliphatic carboxylic acids is 1. The molecule has 0 bridgehead atoms. The number of ether oxygens (including phenoxy) is 1. The molecule has 0 fully saturated rings. The molecule has 2 amide bonds. The Balaban J connectivity index is 2.12. The number of carbonyl (C=O) groups excluding carboxylic acids is 2. The van der Waals surface area contributed by atoms with Crippen molar-refractivity contribution in [3.8, 4) is 5.75 Å². The molecule has 4 atom stereocenters. The Morgan fingerprint density at radius 1 is 1.25 bits per heavy atom. The number of aliphatic hydroxyl groups excluding tert-OH is 2. The van der Waals surface area contributed by atoms with Crippen LogP contribution in [0.25, 0.3) is 0 Å². The average Bonchev–Trinajstić information content (AvgIpc) is 2.63. The van der Waals surface area contributed by atoms with E-state index in [1.54, 1.807) is 0 Å². The van der Waals surface area contributed by atoms with Gasteiger partial charge in [-0.25, -0.2) is 4.39 Å². The summed E-state index contributed by atoms with van der Waals surface area (Å²) in [7, 11) is 0. The fourth-order valence-corrected chi connectivity index (χ4v) is 2.68. The van der Waals surface area contributed by atoms with Crippen LogP contribution in [0.2, 0.25) is 0 Å². The molecule has 1 aromatic rings. The highest BCUT2D eigenvalue weighted by atomic mass is 19.1. The Hall–Kier alpha value is -2.98. The second kappa shape index (κ2) is 9.29. The summed E-state index contributed by atoms with van der Waals surface area (Å²) in [4.78, 5) is 34.5. The molecule has 28 heavy (non-hydrogen) atoms. The number of carboxylic acids is 1. The molecule has 0 aliphatic heterocycles. The highest BCUT2D eigenvalue weighted by Gasteiger charge is 2.35. The van der Waals surface area contributed by atoms with Crippen LogP contribution < -0.4 is 15.8 Å². The number of hydrogen-bond donors (Lipinski definition) is 5. The lowest BCUT2D eigenvalue weighted by molar-refractivity contribution is -0.137. The van der Waals surface area contributed by atoms with Crippen molar-refractivity contribution in [1.82, 2.24) is 5.32 Å². The van der Waals surface area contributed by atoms with E-state index in [-0.39, 0.29) is 30.6 Å². The monoisotopic (exact) mass is 396 g/mol. The maximum atomic E-state index is 13.0. The molecule has 0 saturated carbocycles. The minimum absolute atomic E-state index is 0.0338. The van der Waals surface area contributed by atoms with Crippen LogP contribution in [0.15, 0.2) is 35.9 Å². The zero-order chi connectivity index (χ0) is 20.8. The molecule has 4 unspecified atom stereocenters. The Labute approximate surface area is 159 Å². The molecule has 0 saturated heterocycles. The topological polar surface area (TPSA) is 159 Å². The summed E-state index contributed by atoms with van der Waals surface area (Å²) in [6, 6.07) is 3.75. The van der Waals surface area contributed by atoms with Crippen LogP contribution in [-0.4, -0.2) is 57.5 Å². The number of aliphatic hydroxyl groups is 2. The van der Waals surface area contributed by atoms with E-state index in [9.17, 15) is 29.0 Å². The summed E-state index contributed by atoms with van der Waals surface area (Å²) in [5.41, 5.74) is 5.21.